The van der Waals surface area contributed by atoms with E-state index in [2.05, 4.69) is 36.0 Å². The molecule has 0 aliphatic heterocycles. The van der Waals surface area contributed by atoms with Crippen LogP contribution in [0.3, 0.4) is 0 Å². The molecule has 2 heteroatoms. The molecule has 1 saturated carbocycles. The Labute approximate surface area is 110 Å². The minimum Gasteiger partial charge on any atom is -0.314 e. The van der Waals surface area contributed by atoms with E-state index in [0.29, 0.717) is 0 Å². The van der Waals surface area contributed by atoms with E-state index in [9.17, 15) is 0 Å². The van der Waals surface area contributed by atoms with Crippen molar-refractivity contribution in [3.05, 3.63) is 22.4 Å². The van der Waals surface area contributed by atoms with Crippen molar-refractivity contribution in [2.24, 2.45) is 11.8 Å². The summed E-state index contributed by atoms with van der Waals surface area (Å²) in [6.45, 7) is 5.89. The first-order valence-electron chi connectivity index (χ1n) is 7.00. The fourth-order valence-corrected chi connectivity index (χ4v) is 3.58. The Kier molecular flexibility index (Phi) is 5.05. The van der Waals surface area contributed by atoms with Gasteiger partial charge in [-0.15, -0.1) is 0 Å². The fourth-order valence-electron chi connectivity index (χ4n) is 2.87. The molecule has 1 N–H and O–H groups in total. The monoisotopic (exact) mass is 251 g/mol. The maximum absolute atomic E-state index is 3.75. The highest BCUT2D eigenvalue weighted by molar-refractivity contribution is 7.07. The summed E-state index contributed by atoms with van der Waals surface area (Å²) in [5, 5.41) is 8.18. The average Bonchev–Trinajstić information content (AvgIpc) is 2.82. The summed E-state index contributed by atoms with van der Waals surface area (Å²) < 4.78 is 0. The Morgan fingerprint density at radius 2 is 2.29 bits per heavy atom. The van der Waals surface area contributed by atoms with Crippen LogP contribution in [0.2, 0.25) is 0 Å². The molecule has 0 saturated heterocycles. The third-order valence-corrected chi connectivity index (χ3v) is 4.82. The first-order chi connectivity index (χ1) is 8.25. The van der Waals surface area contributed by atoms with Gasteiger partial charge in [0.25, 0.3) is 0 Å². The number of hydrogen-bond acceptors (Lipinski definition) is 2. The van der Waals surface area contributed by atoms with E-state index in [0.717, 1.165) is 24.4 Å². The van der Waals surface area contributed by atoms with Gasteiger partial charge >= 0.3 is 0 Å². The topological polar surface area (TPSA) is 12.0 Å². The molecule has 0 aromatic carbocycles. The molecular weight excluding hydrogens is 226 g/mol. The number of thiophene rings is 1. The van der Waals surface area contributed by atoms with Crippen LogP contribution in [0, 0.1) is 11.8 Å². The van der Waals surface area contributed by atoms with Crippen LogP contribution in [0.5, 0.6) is 0 Å². The van der Waals surface area contributed by atoms with Gasteiger partial charge < -0.3 is 5.32 Å². The van der Waals surface area contributed by atoms with Crippen molar-refractivity contribution in [1.29, 1.82) is 0 Å². The van der Waals surface area contributed by atoms with E-state index >= 15 is 0 Å². The zero-order valence-electron chi connectivity index (χ0n) is 11.1. The number of hydrogen-bond donors (Lipinski definition) is 1. The average molecular weight is 251 g/mol. The molecule has 1 aromatic rings. The molecular formula is C15H25NS. The normalized spacial score (nSPS) is 25.4. The van der Waals surface area contributed by atoms with Gasteiger partial charge in [0.05, 0.1) is 0 Å². The lowest BCUT2D eigenvalue weighted by Gasteiger charge is -2.32. The van der Waals surface area contributed by atoms with Gasteiger partial charge in [-0.1, -0.05) is 26.7 Å². The van der Waals surface area contributed by atoms with E-state index < -0.39 is 0 Å². The van der Waals surface area contributed by atoms with Crippen molar-refractivity contribution in [1.82, 2.24) is 5.32 Å². The highest BCUT2D eigenvalue weighted by atomic mass is 32.1. The largest absolute Gasteiger partial charge is 0.314 e. The number of nitrogens with one attached hydrogen (secondary N) is 1. The molecule has 1 aliphatic rings. The molecule has 0 spiro atoms. The second kappa shape index (κ2) is 6.55. The van der Waals surface area contributed by atoms with Crippen LogP contribution in [0.15, 0.2) is 16.8 Å². The maximum Gasteiger partial charge on any atom is 0.00699 e. The first-order valence-corrected chi connectivity index (χ1v) is 7.94. The SMILES string of the molecule is CC(C)C1CCCC(NCCc2ccsc2)C1. The Hall–Kier alpha value is -0.340. The fraction of sp³-hybridized carbons (Fsp3) is 0.733. The van der Waals surface area contributed by atoms with Crippen molar-refractivity contribution in [2.45, 2.75) is 52.0 Å². The summed E-state index contributed by atoms with van der Waals surface area (Å²) in [5.41, 5.74) is 1.48. The van der Waals surface area contributed by atoms with Crippen LogP contribution in [0.25, 0.3) is 0 Å². The van der Waals surface area contributed by atoms with Crippen molar-refractivity contribution in [3.63, 3.8) is 0 Å². The molecule has 1 nitrogen and oxygen atoms in total. The molecule has 1 aromatic heterocycles. The van der Waals surface area contributed by atoms with Crippen LogP contribution < -0.4 is 5.32 Å². The Bertz CT molecular complexity index is 305. The molecule has 2 unspecified atom stereocenters. The Balaban J connectivity index is 1.68. The van der Waals surface area contributed by atoms with E-state index in [1.165, 1.54) is 37.7 Å². The van der Waals surface area contributed by atoms with E-state index in [1.807, 2.05) is 0 Å². The standard InChI is InChI=1S/C15H25NS/c1-12(2)14-4-3-5-15(10-14)16-8-6-13-7-9-17-11-13/h7,9,11-12,14-16H,3-6,8,10H2,1-2H3. The van der Waals surface area contributed by atoms with Crippen molar-refractivity contribution < 1.29 is 0 Å². The smallest absolute Gasteiger partial charge is 0.00699 e. The highest BCUT2D eigenvalue weighted by Gasteiger charge is 2.23. The third-order valence-electron chi connectivity index (χ3n) is 4.08. The summed E-state index contributed by atoms with van der Waals surface area (Å²) in [7, 11) is 0. The first kappa shape index (κ1) is 13.1. The zero-order chi connectivity index (χ0) is 12.1. The molecule has 0 amide bonds. The predicted octanol–water partition coefficient (Wildman–Crippen LogP) is 4.10. The van der Waals surface area contributed by atoms with Crippen LogP contribution in [-0.2, 0) is 6.42 Å². The molecule has 17 heavy (non-hydrogen) atoms. The highest BCUT2D eigenvalue weighted by Crippen LogP contribution is 2.29. The summed E-state index contributed by atoms with van der Waals surface area (Å²) in [6.07, 6.45) is 6.82. The van der Waals surface area contributed by atoms with Gasteiger partial charge in [-0.25, -0.2) is 0 Å². The quantitative estimate of drug-likeness (QED) is 0.831. The molecule has 2 atom stereocenters. The molecule has 1 heterocycles. The van der Waals surface area contributed by atoms with Gasteiger partial charge in [-0.05, 0) is 60.0 Å². The van der Waals surface area contributed by atoms with Crippen LogP contribution in [0.1, 0.15) is 45.1 Å². The van der Waals surface area contributed by atoms with E-state index in [4.69, 9.17) is 0 Å². The van der Waals surface area contributed by atoms with Crippen molar-refractivity contribution >= 4 is 11.3 Å². The molecule has 0 bridgehead atoms. The number of rotatable bonds is 5. The maximum atomic E-state index is 3.75. The van der Waals surface area contributed by atoms with E-state index in [1.54, 1.807) is 11.3 Å². The summed E-state index contributed by atoms with van der Waals surface area (Å²) in [5.74, 6) is 1.80. The summed E-state index contributed by atoms with van der Waals surface area (Å²) >= 11 is 1.80. The van der Waals surface area contributed by atoms with Gasteiger partial charge in [-0.3, -0.25) is 0 Å². The molecule has 0 radical (unpaired) electrons. The Morgan fingerprint density at radius 1 is 1.41 bits per heavy atom. The third kappa shape index (κ3) is 4.11. The Morgan fingerprint density at radius 3 is 3.00 bits per heavy atom. The lowest BCUT2D eigenvalue weighted by atomic mass is 9.79. The minimum absolute atomic E-state index is 0.773. The van der Waals surface area contributed by atoms with Crippen molar-refractivity contribution in [2.75, 3.05) is 6.54 Å². The van der Waals surface area contributed by atoms with Crippen LogP contribution in [0.4, 0.5) is 0 Å². The van der Waals surface area contributed by atoms with Crippen LogP contribution in [-0.4, -0.2) is 12.6 Å². The van der Waals surface area contributed by atoms with E-state index in [-0.39, 0.29) is 0 Å². The van der Waals surface area contributed by atoms with Gasteiger partial charge in [-0.2, -0.15) is 11.3 Å². The second-order valence-corrected chi connectivity index (χ2v) is 6.48. The second-order valence-electron chi connectivity index (χ2n) is 5.70. The summed E-state index contributed by atoms with van der Waals surface area (Å²) in [6, 6.07) is 3.01. The lowest BCUT2D eigenvalue weighted by Crippen LogP contribution is -2.36. The zero-order valence-corrected chi connectivity index (χ0v) is 11.9. The van der Waals surface area contributed by atoms with Gasteiger partial charge in [0.2, 0.25) is 0 Å². The molecule has 1 fully saturated rings. The van der Waals surface area contributed by atoms with Gasteiger partial charge in [0.15, 0.2) is 0 Å². The summed E-state index contributed by atoms with van der Waals surface area (Å²) in [4.78, 5) is 0. The van der Waals surface area contributed by atoms with Crippen molar-refractivity contribution in [3.8, 4) is 0 Å². The van der Waals surface area contributed by atoms with Gasteiger partial charge in [0.1, 0.15) is 0 Å². The van der Waals surface area contributed by atoms with Crippen LogP contribution >= 0.6 is 11.3 Å². The molecule has 1 aliphatic carbocycles. The minimum atomic E-state index is 0.773. The molecule has 96 valence electrons. The predicted molar refractivity (Wildman–Crippen MR) is 76.6 cm³/mol. The molecule has 2 rings (SSSR count). The lowest BCUT2D eigenvalue weighted by molar-refractivity contribution is 0.232. The van der Waals surface area contributed by atoms with Gasteiger partial charge in [0, 0.05) is 6.04 Å².